The van der Waals surface area contributed by atoms with Crippen LogP contribution in [0.3, 0.4) is 0 Å². The smallest absolute Gasteiger partial charge is 0.228 e. The van der Waals surface area contributed by atoms with Gasteiger partial charge in [-0.2, -0.15) is 0 Å². The van der Waals surface area contributed by atoms with E-state index < -0.39 is 24.7 Å². The average molecular weight is 437 g/mol. The van der Waals surface area contributed by atoms with Crippen LogP contribution in [-0.4, -0.2) is 31.3 Å². The molecule has 4 nitrogen and oxygen atoms in total. The van der Waals surface area contributed by atoms with E-state index in [-0.39, 0.29) is 0 Å². The molecule has 1 heterocycles. The molecule has 5 heteroatoms. The van der Waals surface area contributed by atoms with Crippen molar-refractivity contribution >= 4 is 0 Å². The summed E-state index contributed by atoms with van der Waals surface area (Å²) in [7, 11) is 0. The summed E-state index contributed by atoms with van der Waals surface area (Å²) in [6, 6.07) is 29.5. The standard InChI is InChI=1S/C27H29FO4/c28-27-26(31-19-23-14-8-3-9-15-23)25(30-18-22-12-6-2-7-13-22)16-24(32-27)20-29-17-21-10-4-1-5-11-21/h1-15,24-27H,16-20H2. The summed E-state index contributed by atoms with van der Waals surface area (Å²) >= 11 is 0. The number of benzene rings is 3. The minimum atomic E-state index is -1.58. The van der Waals surface area contributed by atoms with Gasteiger partial charge in [0, 0.05) is 6.42 Å². The van der Waals surface area contributed by atoms with E-state index in [9.17, 15) is 0 Å². The highest BCUT2D eigenvalue weighted by Gasteiger charge is 2.40. The number of ether oxygens (including phenoxy) is 4. The quantitative estimate of drug-likeness (QED) is 0.423. The fourth-order valence-corrected chi connectivity index (χ4v) is 3.76. The molecule has 32 heavy (non-hydrogen) atoms. The summed E-state index contributed by atoms with van der Waals surface area (Å²) in [6.45, 7) is 1.45. The Labute approximate surface area is 188 Å². The molecule has 0 aliphatic carbocycles. The van der Waals surface area contributed by atoms with E-state index in [4.69, 9.17) is 18.9 Å². The molecule has 1 aliphatic rings. The molecule has 0 saturated carbocycles. The predicted octanol–water partition coefficient (Wildman–Crippen LogP) is 5.46. The Bertz CT molecular complexity index is 907. The van der Waals surface area contributed by atoms with E-state index in [1.807, 2.05) is 91.0 Å². The van der Waals surface area contributed by atoms with Crippen LogP contribution in [0.5, 0.6) is 0 Å². The first kappa shape index (κ1) is 22.6. The van der Waals surface area contributed by atoms with Gasteiger partial charge in [0.2, 0.25) is 6.36 Å². The molecule has 0 N–H and O–H groups in total. The van der Waals surface area contributed by atoms with Crippen molar-refractivity contribution in [2.24, 2.45) is 0 Å². The van der Waals surface area contributed by atoms with Crippen LogP contribution in [-0.2, 0) is 38.8 Å². The Balaban J connectivity index is 1.36. The zero-order chi connectivity index (χ0) is 22.0. The monoisotopic (exact) mass is 436 g/mol. The van der Waals surface area contributed by atoms with E-state index in [0.717, 1.165) is 16.7 Å². The van der Waals surface area contributed by atoms with Crippen LogP contribution in [0.25, 0.3) is 0 Å². The summed E-state index contributed by atoms with van der Waals surface area (Å²) in [6.07, 6.45) is -2.72. The van der Waals surface area contributed by atoms with Crippen LogP contribution in [0.1, 0.15) is 23.1 Å². The Morgan fingerprint density at radius 3 is 1.75 bits per heavy atom. The SMILES string of the molecule is FC1OC(COCc2ccccc2)CC(OCc2ccccc2)C1OCc1ccccc1. The van der Waals surface area contributed by atoms with E-state index in [2.05, 4.69) is 0 Å². The van der Waals surface area contributed by atoms with Crippen LogP contribution in [0.2, 0.25) is 0 Å². The minimum Gasteiger partial charge on any atom is -0.374 e. The third-order valence-corrected chi connectivity index (χ3v) is 5.45. The Hall–Kier alpha value is -2.57. The molecule has 4 atom stereocenters. The lowest BCUT2D eigenvalue weighted by Crippen LogP contribution is -2.50. The fourth-order valence-electron chi connectivity index (χ4n) is 3.76. The van der Waals surface area contributed by atoms with Gasteiger partial charge < -0.3 is 18.9 Å². The van der Waals surface area contributed by atoms with Crippen LogP contribution < -0.4 is 0 Å². The lowest BCUT2D eigenvalue weighted by Gasteiger charge is -2.38. The highest BCUT2D eigenvalue weighted by atomic mass is 19.1. The van der Waals surface area contributed by atoms with E-state index in [0.29, 0.717) is 32.8 Å². The Morgan fingerprint density at radius 1 is 0.688 bits per heavy atom. The van der Waals surface area contributed by atoms with Gasteiger partial charge >= 0.3 is 0 Å². The molecule has 1 aliphatic heterocycles. The van der Waals surface area contributed by atoms with Crippen molar-refractivity contribution in [2.75, 3.05) is 6.61 Å². The normalized spacial score (nSPS) is 23.2. The van der Waals surface area contributed by atoms with Gasteiger partial charge in [0.15, 0.2) is 0 Å². The van der Waals surface area contributed by atoms with Crippen molar-refractivity contribution in [3.05, 3.63) is 108 Å². The molecule has 4 rings (SSSR count). The number of alkyl halides is 1. The molecule has 0 aromatic heterocycles. The Morgan fingerprint density at radius 2 is 1.19 bits per heavy atom. The molecule has 0 bridgehead atoms. The van der Waals surface area contributed by atoms with Gasteiger partial charge in [-0.3, -0.25) is 0 Å². The van der Waals surface area contributed by atoms with Gasteiger partial charge in [0.1, 0.15) is 6.10 Å². The van der Waals surface area contributed by atoms with Crippen LogP contribution in [0, 0.1) is 0 Å². The molecule has 1 saturated heterocycles. The number of rotatable bonds is 10. The van der Waals surface area contributed by atoms with Gasteiger partial charge in [0.25, 0.3) is 0 Å². The molecule has 0 spiro atoms. The van der Waals surface area contributed by atoms with Crippen molar-refractivity contribution in [1.82, 2.24) is 0 Å². The first-order chi connectivity index (χ1) is 15.8. The minimum absolute atomic E-state index is 0.298. The van der Waals surface area contributed by atoms with Crippen molar-refractivity contribution in [1.29, 1.82) is 0 Å². The van der Waals surface area contributed by atoms with E-state index in [1.54, 1.807) is 0 Å². The molecule has 3 aromatic carbocycles. The maximum absolute atomic E-state index is 15.0. The van der Waals surface area contributed by atoms with Crippen molar-refractivity contribution < 1.29 is 23.3 Å². The molecule has 3 aromatic rings. The van der Waals surface area contributed by atoms with E-state index >= 15 is 4.39 Å². The van der Waals surface area contributed by atoms with Gasteiger partial charge in [-0.05, 0) is 16.7 Å². The zero-order valence-electron chi connectivity index (χ0n) is 18.0. The van der Waals surface area contributed by atoms with Crippen LogP contribution in [0.4, 0.5) is 4.39 Å². The molecule has 1 fully saturated rings. The molecule has 0 radical (unpaired) electrons. The maximum Gasteiger partial charge on any atom is 0.228 e. The lowest BCUT2D eigenvalue weighted by molar-refractivity contribution is -0.252. The molecule has 168 valence electrons. The van der Waals surface area contributed by atoms with Crippen molar-refractivity contribution in [2.45, 2.75) is 50.9 Å². The lowest BCUT2D eigenvalue weighted by atomic mass is 10.0. The first-order valence-electron chi connectivity index (χ1n) is 11.0. The second-order valence-electron chi connectivity index (χ2n) is 7.94. The predicted molar refractivity (Wildman–Crippen MR) is 121 cm³/mol. The van der Waals surface area contributed by atoms with E-state index in [1.165, 1.54) is 0 Å². The molecule has 4 unspecified atom stereocenters. The summed E-state index contributed by atoms with van der Waals surface area (Å²) < 4.78 is 38.5. The second kappa shape index (κ2) is 11.9. The average Bonchev–Trinajstić information content (AvgIpc) is 2.84. The van der Waals surface area contributed by atoms with Gasteiger partial charge in [-0.25, -0.2) is 4.39 Å². The second-order valence-corrected chi connectivity index (χ2v) is 7.94. The summed E-state index contributed by atoms with van der Waals surface area (Å²) in [5.41, 5.74) is 3.09. The zero-order valence-corrected chi connectivity index (χ0v) is 18.0. The molecular weight excluding hydrogens is 407 g/mol. The first-order valence-corrected chi connectivity index (χ1v) is 11.0. The van der Waals surface area contributed by atoms with Crippen molar-refractivity contribution in [3.8, 4) is 0 Å². The topological polar surface area (TPSA) is 36.9 Å². The summed E-state index contributed by atoms with van der Waals surface area (Å²) in [4.78, 5) is 0. The highest BCUT2D eigenvalue weighted by Crippen LogP contribution is 2.28. The fraction of sp³-hybridized carbons (Fsp3) is 0.333. The molecular formula is C27H29FO4. The summed E-state index contributed by atoms with van der Waals surface area (Å²) in [5, 5.41) is 0. The van der Waals surface area contributed by atoms with Gasteiger partial charge in [-0.15, -0.1) is 0 Å². The van der Waals surface area contributed by atoms with Gasteiger partial charge in [0.05, 0.1) is 38.6 Å². The highest BCUT2D eigenvalue weighted by molar-refractivity contribution is 5.15. The van der Waals surface area contributed by atoms with Crippen molar-refractivity contribution in [3.63, 3.8) is 0 Å². The largest absolute Gasteiger partial charge is 0.374 e. The maximum atomic E-state index is 15.0. The summed E-state index contributed by atoms with van der Waals surface area (Å²) in [5.74, 6) is 0. The third kappa shape index (κ3) is 6.71. The number of hydrogen-bond donors (Lipinski definition) is 0. The Kier molecular flexibility index (Phi) is 8.40. The number of halogens is 1. The van der Waals surface area contributed by atoms with Crippen LogP contribution >= 0.6 is 0 Å². The third-order valence-electron chi connectivity index (χ3n) is 5.45. The molecule has 0 amide bonds. The van der Waals surface area contributed by atoms with Gasteiger partial charge in [-0.1, -0.05) is 91.0 Å². The van der Waals surface area contributed by atoms with Crippen LogP contribution in [0.15, 0.2) is 91.0 Å². The number of hydrogen-bond acceptors (Lipinski definition) is 4.